The van der Waals surface area contributed by atoms with Crippen LogP contribution in [-0.2, 0) is 48.8 Å². The van der Waals surface area contributed by atoms with E-state index in [9.17, 15) is 20.3 Å². The van der Waals surface area contributed by atoms with Crippen molar-refractivity contribution in [2.45, 2.75) is 93.3 Å². The largest absolute Gasteiger partial charge is 0.493 e. The van der Waals surface area contributed by atoms with Crippen LogP contribution in [0.1, 0.15) is 101 Å². The number of morpholine rings is 1. The first-order chi connectivity index (χ1) is 38.9. The molecule has 6 aromatic carbocycles. The highest BCUT2D eigenvalue weighted by Gasteiger charge is 2.76. The molecule has 6 atom stereocenters. The zero-order valence-corrected chi connectivity index (χ0v) is 44.3. The van der Waals surface area contributed by atoms with Gasteiger partial charge in [-0.1, -0.05) is 104 Å². The summed E-state index contributed by atoms with van der Waals surface area (Å²) in [5, 5.41) is 33.7. The lowest BCUT2D eigenvalue weighted by Gasteiger charge is -2.46. The Balaban J connectivity index is 1.18. The molecule has 0 bridgehead atoms. The monoisotopic (exact) mass is 1080 g/mol. The van der Waals surface area contributed by atoms with Gasteiger partial charge in [-0.3, -0.25) is 29.4 Å². The summed E-state index contributed by atoms with van der Waals surface area (Å²) in [6, 6.07) is 36.0. The molecule has 17 nitrogen and oxygen atoms in total. The minimum Gasteiger partial charge on any atom is -0.493 e. The number of fused-ring (bicyclic) bond motifs is 4. The number of nitrogens with zero attached hydrogens (tertiary/aromatic N) is 4. The number of aliphatic hydroxyl groups is 2. The molecule has 0 unspecified atom stereocenters. The van der Waals surface area contributed by atoms with Crippen LogP contribution in [0.2, 0.25) is 0 Å². The number of rotatable bonds is 12. The molecule has 1 aliphatic carbocycles. The molecule has 5 aliphatic rings. The number of carbonyl (C=O) groups excluding carboxylic acids is 4. The number of ether oxygens (including phenoxy) is 5. The van der Waals surface area contributed by atoms with E-state index in [1.807, 2.05) is 77.7 Å². The van der Waals surface area contributed by atoms with Gasteiger partial charge in [0, 0.05) is 36.3 Å². The fraction of sp³-hybridized carbons (Fsp3) is 0.333. The molecule has 2 saturated heterocycles. The van der Waals surface area contributed by atoms with E-state index in [1.54, 1.807) is 54.5 Å². The van der Waals surface area contributed by atoms with Crippen molar-refractivity contribution in [3.63, 3.8) is 0 Å². The molecule has 2 N–H and O–H groups in total. The van der Waals surface area contributed by atoms with E-state index in [1.165, 1.54) is 31.4 Å². The van der Waals surface area contributed by atoms with Gasteiger partial charge in [0.1, 0.15) is 42.1 Å². The van der Waals surface area contributed by atoms with Crippen molar-refractivity contribution >= 4 is 35.3 Å². The molecule has 17 heteroatoms. The Morgan fingerprint density at radius 3 is 2.12 bits per heavy atom. The molecule has 11 rings (SSSR count). The Kier molecular flexibility index (Phi) is 14.9. The number of hydrogen-bond acceptors (Lipinski definition) is 14. The summed E-state index contributed by atoms with van der Waals surface area (Å²) in [6.07, 6.45) is 2.67. The number of benzene rings is 6. The van der Waals surface area contributed by atoms with E-state index in [2.05, 4.69) is 11.8 Å². The number of cyclic esters (lactones) is 1. The number of nitro groups is 1. The number of methoxy groups -OCH3 is 2. The summed E-state index contributed by atoms with van der Waals surface area (Å²) < 4.78 is 30.5. The zero-order valence-electron chi connectivity index (χ0n) is 44.3. The second-order valence-electron chi connectivity index (χ2n) is 20.9. The predicted octanol–water partition coefficient (Wildman–Crippen LogP) is 9.01. The number of nitro benzene ring substituents is 1. The number of esters is 1. The predicted molar refractivity (Wildman–Crippen MR) is 292 cm³/mol. The minimum atomic E-state index is -2.23. The number of imide groups is 1. The van der Waals surface area contributed by atoms with Crippen molar-refractivity contribution in [2.24, 2.45) is 5.92 Å². The number of hydrogen-bond donors (Lipinski definition) is 2. The highest BCUT2D eigenvalue weighted by atomic mass is 16.6. The van der Waals surface area contributed by atoms with Gasteiger partial charge >= 0.3 is 12.1 Å². The third-order valence-corrected chi connectivity index (χ3v) is 16.4. The Labute approximate surface area is 462 Å². The molecule has 1 spiro atoms. The van der Waals surface area contributed by atoms with Gasteiger partial charge in [-0.05, 0) is 114 Å². The second-order valence-corrected chi connectivity index (χ2v) is 20.9. The van der Waals surface area contributed by atoms with E-state index >= 15 is 19.2 Å². The standard InChI is InChI=1S/C63H60N4O13/c1-76-51-36-44-28-32-64(38-45(44)37-52(51)77-2)58(69)53-55-59(70)80-56(43-17-9-6-10-18-43)54(42-15-7-5-8-16-42)66(55)57(47-19-11-12-20-50(47)78-34-33-68)63(53)48-35-40(27-31-62(73)29-13-3-4-14-30-62)23-26-49(48)65(60(63)71)61(72)79-39-41-21-24-46(25-22-41)67(74)75/h5-12,15-26,35-37,53-57,68,73H,3-4,13-14,28-30,32-34,38-39H2,1-2H3/t53-,54-,55-,56+,57+,63-/m1/s1. The van der Waals surface area contributed by atoms with Gasteiger partial charge < -0.3 is 38.8 Å². The van der Waals surface area contributed by atoms with Gasteiger partial charge in [-0.15, -0.1) is 0 Å². The first kappa shape index (κ1) is 53.4. The van der Waals surface area contributed by atoms with E-state index < -0.39 is 76.6 Å². The smallest absolute Gasteiger partial charge is 0.421 e. The van der Waals surface area contributed by atoms with Gasteiger partial charge in [0.05, 0.1) is 49.4 Å². The molecule has 4 aliphatic heterocycles. The number of aliphatic hydroxyl groups excluding tert-OH is 1. The summed E-state index contributed by atoms with van der Waals surface area (Å²) >= 11 is 0. The molecule has 410 valence electrons. The Morgan fingerprint density at radius 2 is 1.45 bits per heavy atom. The summed E-state index contributed by atoms with van der Waals surface area (Å²) in [4.78, 5) is 80.4. The van der Waals surface area contributed by atoms with Crippen LogP contribution in [0.4, 0.5) is 16.2 Å². The molecular formula is C63H60N4O13. The van der Waals surface area contributed by atoms with E-state index in [-0.39, 0.29) is 49.0 Å². The lowest BCUT2D eigenvalue weighted by molar-refractivity contribution is -0.384. The lowest BCUT2D eigenvalue weighted by atomic mass is 9.64. The Hall–Kier alpha value is -8.56. The van der Waals surface area contributed by atoms with Crippen molar-refractivity contribution < 1.29 is 58.0 Å². The van der Waals surface area contributed by atoms with Crippen LogP contribution in [0, 0.1) is 27.9 Å². The molecular weight excluding hydrogens is 1020 g/mol. The number of amides is 3. The number of non-ortho nitro benzene ring substituents is 1. The molecule has 6 aromatic rings. The van der Waals surface area contributed by atoms with E-state index in [4.69, 9.17) is 23.7 Å². The van der Waals surface area contributed by atoms with Gasteiger partial charge in [0.2, 0.25) is 11.8 Å². The maximum Gasteiger partial charge on any atom is 0.421 e. The van der Waals surface area contributed by atoms with Crippen LogP contribution in [0.25, 0.3) is 0 Å². The average molecular weight is 1080 g/mol. The number of anilines is 1. The highest BCUT2D eigenvalue weighted by molar-refractivity contribution is 6.23. The van der Waals surface area contributed by atoms with Crippen molar-refractivity contribution in [1.29, 1.82) is 0 Å². The summed E-state index contributed by atoms with van der Waals surface area (Å²) in [7, 11) is 3.07. The van der Waals surface area contributed by atoms with Crippen LogP contribution in [0.5, 0.6) is 17.2 Å². The zero-order chi connectivity index (χ0) is 55.7. The highest BCUT2D eigenvalue weighted by Crippen LogP contribution is 2.67. The van der Waals surface area contributed by atoms with Gasteiger partial charge in [-0.25, -0.2) is 9.69 Å². The fourth-order valence-electron chi connectivity index (χ4n) is 12.7. The second kappa shape index (κ2) is 22.3. The Morgan fingerprint density at radius 1 is 0.787 bits per heavy atom. The summed E-state index contributed by atoms with van der Waals surface area (Å²) in [5.41, 5.74) is 0.677. The maximum absolute atomic E-state index is 17.1. The van der Waals surface area contributed by atoms with Crippen LogP contribution in [-0.4, -0.2) is 94.4 Å². The van der Waals surface area contributed by atoms with Crippen molar-refractivity contribution in [3.8, 4) is 29.1 Å². The van der Waals surface area contributed by atoms with Gasteiger partial charge in [-0.2, -0.15) is 0 Å². The summed E-state index contributed by atoms with van der Waals surface area (Å²) in [6.45, 7) is -0.715. The van der Waals surface area contributed by atoms with Crippen molar-refractivity contribution in [1.82, 2.24) is 9.80 Å². The van der Waals surface area contributed by atoms with Crippen LogP contribution in [0.3, 0.4) is 0 Å². The quantitative estimate of drug-likeness (QED) is 0.0386. The van der Waals surface area contributed by atoms with E-state index in [0.717, 1.165) is 41.7 Å². The third-order valence-electron chi connectivity index (χ3n) is 16.4. The molecule has 4 heterocycles. The molecule has 0 aromatic heterocycles. The fourth-order valence-corrected chi connectivity index (χ4v) is 12.7. The maximum atomic E-state index is 17.1. The van der Waals surface area contributed by atoms with Gasteiger partial charge in [0.25, 0.3) is 5.69 Å². The average Bonchev–Trinajstić information content (AvgIpc) is 3.37. The number of carbonyl (C=O) groups is 4. The first-order valence-corrected chi connectivity index (χ1v) is 27.0. The third kappa shape index (κ3) is 9.56. The van der Waals surface area contributed by atoms with Crippen LogP contribution in [0.15, 0.2) is 140 Å². The topological polar surface area (TPSA) is 208 Å². The lowest BCUT2D eigenvalue weighted by Crippen LogP contribution is -2.57. The van der Waals surface area contributed by atoms with Crippen LogP contribution < -0.4 is 19.1 Å². The molecule has 1 saturated carbocycles. The molecule has 0 radical (unpaired) electrons. The molecule has 3 fully saturated rings. The summed E-state index contributed by atoms with van der Waals surface area (Å²) in [5.74, 6) is 3.71. The van der Waals surface area contributed by atoms with Gasteiger partial charge in [0.15, 0.2) is 11.5 Å². The van der Waals surface area contributed by atoms with E-state index in [0.29, 0.717) is 58.6 Å². The Bertz CT molecular complexity index is 3410. The SMILES string of the molecule is COc1cc2c(cc1OC)CN(C(=O)[C@H]1[C@@H]3C(=O)O[C@@H](c4ccccc4)[C@@H](c4ccccc4)N3[C@@H](c3ccccc3OCCO)[C@]13C(=O)N(C(=O)OCc1ccc([N+](=O)[O-])cc1)c1ccc(C#CC4(O)CCCCCC4)cc13)CC2. The molecule has 80 heavy (non-hydrogen) atoms. The number of para-hydroxylation sites is 1. The first-order valence-electron chi connectivity index (χ1n) is 27.0. The minimum absolute atomic E-state index is 0.0463. The van der Waals surface area contributed by atoms with Crippen LogP contribution >= 0.6 is 0 Å². The molecule has 3 amide bonds. The normalized spacial score (nSPS) is 22.9. The van der Waals surface area contributed by atoms with Crippen molar-refractivity contribution in [3.05, 3.63) is 194 Å². The van der Waals surface area contributed by atoms with Crippen molar-refractivity contribution in [2.75, 3.05) is 38.9 Å².